The van der Waals surface area contributed by atoms with Crippen LogP contribution in [-0.4, -0.2) is 49.4 Å². The second-order valence-electron chi connectivity index (χ2n) is 8.48. The van der Waals surface area contributed by atoms with Gasteiger partial charge in [0.15, 0.2) is 5.82 Å². The van der Waals surface area contributed by atoms with Gasteiger partial charge in [-0.15, -0.1) is 10.2 Å². The van der Waals surface area contributed by atoms with Gasteiger partial charge in [-0.3, -0.25) is 4.79 Å². The first-order valence-corrected chi connectivity index (χ1v) is 12.0. The molecule has 0 saturated carbocycles. The Balaban J connectivity index is 1.30. The fourth-order valence-corrected chi connectivity index (χ4v) is 4.37. The number of methoxy groups -OCH3 is 1. The largest absolute Gasteiger partial charge is 0.497 e. The minimum absolute atomic E-state index is 0.00485. The molecule has 0 aliphatic carbocycles. The molecule has 7 nitrogen and oxygen atoms in total. The number of piperidine rings is 1. The van der Waals surface area contributed by atoms with E-state index in [9.17, 15) is 4.79 Å². The summed E-state index contributed by atoms with van der Waals surface area (Å²) in [5.74, 6) is 1.77. The Labute approximate surface area is 201 Å². The Kier molecular flexibility index (Phi) is 7.62. The van der Waals surface area contributed by atoms with E-state index in [0.29, 0.717) is 0 Å². The molecule has 0 spiro atoms. The molecule has 4 rings (SSSR count). The Morgan fingerprint density at radius 3 is 2.21 bits per heavy atom. The highest BCUT2D eigenvalue weighted by atomic mass is 16.5. The first-order chi connectivity index (χ1) is 16.6. The average Bonchev–Trinajstić information content (AvgIpc) is 2.90. The summed E-state index contributed by atoms with van der Waals surface area (Å²) in [5, 5.41) is 11.9. The molecule has 0 unspecified atom stereocenters. The van der Waals surface area contributed by atoms with Crippen molar-refractivity contribution in [3.8, 4) is 17.0 Å². The van der Waals surface area contributed by atoms with Gasteiger partial charge in [-0.2, -0.15) is 0 Å². The van der Waals surface area contributed by atoms with Crippen LogP contribution in [-0.2, 0) is 4.79 Å². The van der Waals surface area contributed by atoms with Crippen molar-refractivity contribution in [1.29, 1.82) is 0 Å². The molecule has 7 heteroatoms. The molecule has 2 heterocycles. The molecule has 1 fully saturated rings. The minimum atomic E-state index is 0.00485. The third-order valence-corrected chi connectivity index (χ3v) is 6.49. The molecule has 34 heavy (non-hydrogen) atoms. The predicted molar refractivity (Wildman–Crippen MR) is 138 cm³/mol. The molecule has 1 aliphatic heterocycles. The van der Waals surface area contributed by atoms with E-state index in [1.807, 2.05) is 48.5 Å². The van der Waals surface area contributed by atoms with Crippen molar-refractivity contribution in [3.63, 3.8) is 0 Å². The van der Waals surface area contributed by atoms with Crippen molar-refractivity contribution in [2.45, 2.75) is 26.7 Å². The zero-order chi connectivity index (χ0) is 23.9. The van der Waals surface area contributed by atoms with Gasteiger partial charge >= 0.3 is 0 Å². The maximum absolute atomic E-state index is 12.8. The topological polar surface area (TPSA) is 70.6 Å². The number of nitrogens with zero attached hydrogens (tertiary/aromatic N) is 4. The van der Waals surface area contributed by atoms with Crippen LogP contribution in [0.15, 0.2) is 60.7 Å². The van der Waals surface area contributed by atoms with Gasteiger partial charge in [0.2, 0.25) is 5.91 Å². The molecular formula is C27H33N5O2. The van der Waals surface area contributed by atoms with E-state index in [1.54, 1.807) is 7.11 Å². The zero-order valence-electron chi connectivity index (χ0n) is 20.2. The molecule has 1 N–H and O–H groups in total. The van der Waals surface area contributed by atoms with E-state index >= 15 is 0 Å². The normalized spacial score (nSPS) is 14.0. The lowest BCUT2D eigenvalue weighted by Crippen LogP contribution is -2.38. The number of anilines is 3. The van der Waals surface area contributed by atoms with Gasteiger partial charge in [0.05, 0.1) is 12.8 Å². The SMILES string of the molecule is CCN(CC)c1ccc(NC(=O)C2CCN(c3ccc(-c4ccc(OC)cc4)nn3)CC2)cc1. The van der Waals surface area contributed by atoms with Crippen LogP contribution in [0.5, 0.6) is 5.75 Å². The van der Waals surface area contributed by atoms with Crippen LogP contribution in [0.25, 0.3) is 11.3 Å². The van der Waals surface area contributed by atoms with E-state index in [2.05, 4.69) is 51.3 Å². The van der Waals surface area contributed by atoms with E-state index in [-0.39, 0.29) is 11.8 Å². The Hall–Kier alpha value is -3.61. The summed E-state index contributed by atoms with van der Waals surface area (Å²) in [6, 6.07) is 19.9. The Morgan fingerprint density at radius 1 is 0.971 bits per heavy atom. The van der Waals surface area contributed by atoms with Gasteiger partial charge in [0.25, 0.3) is 0 Å². The second-order valence-corrected chi connectivity index (χ2v) is 8.48. The smallest absolute Gasteiger partial charge is 0.227 e. The summed E-state index contributed by atoms with van der Waals surface area (Å²) in [6.45, 7) is 7.80. The minimum Gasteiger partial charge on any atom is -0.497 e. The second kappa shape index (κ2) is 11.0. The van der Waals surface area contributed by atoms with Crippen LogP contribution in [0.2, 0.25) is 0 Å². The van der Waals surface area contributed by atoms with Crippen molar-refractivity contribution < 1.29 is 9.53 Å². The summed E-state index contributed by atoms with van der Waals surface area (Å²) in [7, 11) is 1.65. The molecule has 0 radical (unpaired) electrons. The van der Waals surface area contributed by atoms with E-state index in [4.69, 9.17) is 4.74 Å². The van der Waals surface area contributed by atoms with Crippen LogP contribution in [0.4, 0.5) is 17.2 Å². The van der Waals surface area contributed by atoms with E-state index in [0.717, 1.165) is 67.5 Å². The first-order valence-electron chi connectivity index (χ1n) is 12.0. The number of nitrogens with one attached hydrogen (secondary N) is 1. The quantitative estimate of drug-likeness (QED) is 0.519. The molecule has 1 aromatic heterocycles. The van der Waals surface area contributed by atoms with Gasteiger partial charge < -0.3 is 19.9 Å². The molecular weight excluding hydrogens is 426 g/mol. The number of carbonyl (C=O) groups excluding carboxylic acids is 1. The number of amides is 1. The molecule has 178 valence electrons. The molecule has 1 amide bonds. The lowest BCUT2D eigenvalue weighted by Gasteiger charge is -2.31. The van der Waals surface area contributed by atoms with Crippen LogP contribution in [0.3, 0.4) is 0 Å². The fourth-order valence-electron chi connectivity index (χ4n) is 4.37. The number of hydrogen-bond donors (Lipinski definition) is 1. The van der Waals surface area contributed by atoms with Gasteiger partial charge in [-0.1, -0.05) is 0 Å². The first kappa shape index (κ1) is 23.5. The van der Waals surface area contributed by atoms with Gasteiger partial charge in [0, 0.05) is 49.0 Å². The number of ether oxygens (including phenoxy) is 1. The van der Waals surface area contributed by atoms with Crippen molar-refractivity contribution in [2.75, 3.05) is 48.4 Å². The highest BCUT2D eigenvalue weighted by molar-refractivity contribution is 5.92. The van der Waals surface area contributed by atoms with Crippen molar-refractivity contribution >= 4 is 23.1 Å². The highest BCUT2D eigenvalue weighted by Gasteiger charge is 2.26. The van der Waals surface area contributed by atoms with Gasteiger partial charge in [-0.05, 0) is 87.4 Å². The number of carbonyl (C=O) groups is 1. The molecule has 0 atom stereocenters. The lowest BCUT2D eigenvalue weighted by atomic mass is 9.95. The lowest BCUT2D eigenvalue weighted by molar-refractivity contribution is -0.120. The van der Waals surface area contributed by atoms with Crippen molar-refractivity contribution in [1.82, 2.24) is 10.2 Å². The third-order valence-electron chi connectivity index (χ3n) is 6.49. The van der Waals surface area contributed by atoms with E-state index < -0.39 is 0 Å². The summed E-state index contributed by atoms with van der Waals surface area (Å²) >= 11 is 0. The van der Waals surface area contributed by atoms with Crippen LogP contribution in [0.1, 0.15) is 26.7 Å². The van der Waals surface area contributed by atoms with Gasteiger partial charge in [-0.25, -0.2) is 0 Å². The third kappa shape index (κ3) is 5.47. The number of hydrogen-bond acceptors (Lipinski definition) is 6. The number of aromatic nitrogens is 2. The summed E-state index contributed by atoms with van der Waals surface area (Å²) in [5.41, 5.74) is 3.85. The van der Waals surface area contributed by atoms with Gasteiger partial charge in [0.1, 0.15) is 5.75 Å². The average molecular weight is 460 g/mol. The molecule has 2 aromatic carbocycles. The van der Waals surface area contributed by atoms with Crippen molar-refractivity contribution in [3.05, 3.63) is 60.7 Å². The fraction of sp³-hybridized carbons (Fsp3) is 0.370. The summed E-state index contributed by atoms with van der Waals surface area (Å²) in [6.07, 6.45) is 1.59. The standard InChI is InChI=1S/C27H33N5O2/c1-4-31(5-2)23-10-8-22(9-11-23)28-27(33)21-16-18-32(19-17-21)26-15-14-25(29-30-26)20-6-12-24(34-3)13-7-20/h6-15,21H,4-5,16-19H2,1-3H3,(H,28,33). The van der Waals surface area contributed by atoms with E-state index in [1.165, 1.54) is 5.69 Å². The highest BCUT2D eigenvalue weighted by Crippen LogP contribution is 2.26. The summed E-state index contributed by atoms with van der Waals surface area (Å²) in [4.78, 5) is 17.3. The monoisotopic (exact) mass is 459 g/mol. The predicted octanol–water partition coefficient (Wildman–Crippen LogP) is 4.85. The molecule has 1 saturated heterocycles. The number of rotatable bonds is 8. The zero-order valence-corrected chi connectivity index (χ0v) is 20.2. The Morgan fingerprint density at radius 2 is 1.65 bits per heavy atom. The molecule has 0 bridgehead atoms. The molecule has 1 aliphatic rings. The molecule has 3 aromatic rings. The van der Waals surface area contributed by atoms with Crippen LogP contribution < -0.4 is 19.9 Å². The number of benzene rings is 2. The van der Waals surface area contributed by atoms with Crippen LogP contribution in [0, 0.1) is 5.92 Å². The maximum atomic E-state index is 12.8. The summed E-state index contributed by atoms with van der Waals surface area (Å²) < 4.78 is 5.21. The van der Waals surface area contributed by atoms with Crippen LogP contribution >= 0.6 is 0 Å². The maximum Gasteiger partial charge on any atom is 0.227 e. The van der Waals surface area contributed by atoms with Crippen molar-refractivity contribution in [2.24, 2.45) is 5.92 Å². The Bertz CT molecular complexity index is 1060.